The smallest absolute Gasteiger partial charge is 0.0129 e. The lowest BCUT2D eigenvalue weighted by atomic mass is 10.1. The highest BCUT2D eigenvalue weighted by atomic mass is 14.0. The Bertz CT molecular complexity index is 308. The summed E-state index contributed by atoms with van der Waals surface area (Å²) in [4.78, 5) is 0. The highest BCUT2D eigenvalue weighted by Crippen LogP contribution is 2.08. The van der Waals surface area contributed by atoms with Crippen molar-refractivity contribution in [2.24, 2.45) is 0 Å². The molecule has 0 heteroatoms. The maximum Gasteiger partial charge on any atom is 0.0129 e. The third-order valence-corrected chi connectivity index (χ3v) is 2.28. The zero-order valence-corrected chi connectivity index (χ0v) is 9.14. The van der Waals surface area contributed by atoms with Crippen LogP contribution in [0.4, 0.5) is 0 Å². The monoisotopic (exact) mass is 186 g/mol. The van der Waals surface area contributed by atoms with Gasteiger partial charge < -0.3 is 0 Å². The Morgan fingerprint density at radius 1 is 1.00 bits per heavy atom. The number of hydrogen-bond acceptors (Lipinski definition) is 0. The normalized spacial score (nSPS) is 9.29. The number of rotatable bonds is 4. The van der Waals surface area contributed by atoms with Crippen LogP contribution in [0.1, 0.15) is 37.8 Å². The molecule has 0 N–H and O–H groups in total. The number of aryl methyl sites for hydroxylation is 2. The van der Waals surface area contributed by atoms with Crippen LogP contribution in [0.2, 0.25) is 0 Å². The standard InChI is InChI=1S/C14H18/c1-3-5-6-8-14-11-9-13(7-4-2)10-12-14/h9-12H,4,6-8H2,1-2H3. The van der Waals surface area contributed by atoms with Gasteiger partial charge in [-0.3, -0.25) is 0 Å². The van der Waals surface area contributed by atoms with Crippen molar-refractivity contribution >= 4 is 0 Å². The maximum atomic E-state index is 3.09. The van der Waals surface area contributed by atoms with E-state index in [1.54, 1.807) is 0 Å². The molecule has 0 aromatic heterocycles. The molecule has 0 aliphatic heterocycles. The highest BCUT2D eigenvalue weighted by Gasteiger charge is 1.93. The minimum absolute atomic E-state index is 0.976. The van der Waals surface area contributed by atoms with E-state index < -0.39 is 0 Å². The van der Waals surface area contributed by atoms with Crippen molar-refractivity contribution < 1.29 is 0 Å². The van der Waals surface area contributed by atoms with Crippen LogP contribution in [0.3, 0.4) is 0 Å². The van der Waals surface area contributed by atoms with Gasteiger partial charge in [0.05, 0.1) is 0 Å². The second kappa shape index (κ2) is 6.27. The Hall–Kier alpha value is -1.22. The average molecular weight is 186 g/mol. The first kappa shape index (κ1) is 10.9. The van der Waals surface area contributed by atoms with Gasteiger partial charge >= 0.3 is 0 Å². The largest absolute Gasteiger partial charge is 0.107 e. The van der Waals surface area contributed by atoms with Crippen LogP contribution >= 0.6 is 0 Å². The molecule has 0 atom stereocenters. The Labute approximate surface area is 87.4 Å². The van der Waals surface area contributed by atoms with Gasteiger partial charge in [-0.05, 0) is 30.9 Å². The SMILES string of the molecule is CC#CCCc1ccc(CCC)cc1. The van der Waals surface area contributed by atoms with E-state index in [1.807, 2.05) is 6.92 Å². The van der Waals surface area contributed by atoms with E-state index in [0.29, 0.717) is 0 Å². The molecule has 1 rings (SSSR count). The number of benzene rings is 1. The van der Waals surface area contributed by atoms with Crippen LogP contribution in [-0.2, 0) is 12.8 Å². The fourth-order valence-electron chi connectivity index (χ4n) is 1.49. The predicted molar refractivity (Wildman–Crippen MR) is 62.2 cm³/mol. The summed E-state index contributed by atoms with van der Waals surface area (Å²) in [7, 11) is 0. The van der Waals surface area contributed by atoms with Crippen LogP contribution in [0.5, 0.6) is 0 Å². The fraction of sp³-hybridized carbons (Fsp3) is 0.429. The molecule has 14 heavy (non-hydrogen) atoms. The summed E-state index contributed by atoms with van der Waals surface area (Å²) >= 11 is 0. The van der Waals surface area contributed by atoms with Gasteiger partial charge in [0.15, 0.2) is 0 Å². The minimum atomic E-state index is 0.976. The summed E-state index contributed by atoms with van der Waals surface area (Å²) < 4.78 is 0. The van der Waals surface area contributed by atoms with Gasteiger partial charge in [0.25, 0.3) is 0 Å². The van der Waals surface area contributed by atoms with Crippen molar-refractivity contribution in [2.75, 3.05) is 0 Å². The lowest BCUT2D eigenvalue weighted by molar-refractivity contribution is 0.918. The Morgan fingerprint density at radius 3 is 2.07 bits per heavy atom. The first-order valence-corrected chi connectivity index (χ1v) is 5.34. The molecule has 0 heterocycles. The second-order valence-corrected chi connectivity index (χ2v) is 3.49. The van der Waals surface area contributed by atoms with Crippen molar-refractivity contribution in [1.29, 1.82) is 0 Å². The molecule has 0 nitrogen and oxygen atoms in total. The molecule has 0 saturated heterocycles. The summed E-state index contributed by atoms with van der Waals surface area (Å²) in [6, 6.07) is 8.92. The lowest BCUT2D eigenvalue weighted by Gasteiger charge is -2.00. The van der Waals surface area contributed by atoms with Crippen molar-refractivity contribution in [3.05, 3.63) is 35.4 Å². The first-order valence-electron chi connectivity index (χ1n) is 5.34. The zero-order chi connectivity index (χ0) is 10.2. The summed E-state index contributed by atoms with van der Waals surface area (Å²) in [5, 5.41) is 0. The average Bonchev–Trinajstić information content (AvgIpc) is 2.21. The van der Waals surface area contributed by atoms with Gasteiger partial charge in [-0.2, -0.15) is 0 Å². The van der Waals surface area contributed by atoms with Crippen molar-refractivity contribution in [1.82, 2.24) is 0 Å². The molecule has 0 saturated carbocycles. The zero-order valence-electron chi connectivity index (χ0n) is 9.14. The van der Waals surface area contributed by atoms with Crippen LogP contribution < -0.4 is 0 Å². The van der Waals surface area contributed by atoms with Gasteiger partial charge in [-0.1, -0.05) is 37.6 Å². The van der Waals surface area contributed by atoms with E-state index in [2.05, 4.69) is 43.0 Å². The van der Waals surface area contributed by atoms with Gasteiger partial charge in [-0.25, -0.2) is 0 Å². The molecule has 74 valence electrons. The molecular formula is C14H18. The fourth-order valence-corrected chi connectivity index (χ4v) is 1.49. The minimum Gasteiger partial charge on any atom is -0.107 e. The van der Waals surface area contributed by atoms with E-state index in [-0.39, 0.29) is 0 Å². The van der Waals surface area contributed by atoms with Crippen molar-refractivity contribution in [2.45, 2.75) is 39.5 Å². The third-order valence-electron chi connectivity index (χ3n) is 2.28. The van der Waals surface area contributed by atoms with Crippen LogP contribution in [0.15, 0.2) is 24.3 Å². The van der Waals surface area contributed by atoms with Gasteiger partial charge in [-0.15, -0.1) is 11.8 Å². The molecule has 0 bridgehead atoms. The molecule has 0 fully saturated rings. The maximum absolute atomic E-state index is 3.09. The van der Waals surface area contributed by atoms with Crippen LogP contribution in [0, 0.1) is 11.8 Å². The second-order valence-electron chi connectivity index (χ2n) is 3.49. The van der Waals surface area contributed by atoms with Crippen molar-refractivity contribution in [3.63, 3.8) is 0 Å². The molecule has 0 amide bonds. The van der Waals surface area contributed by atoms with E-state index >= 15 is 0 Å². The highest BCUT2D eigenvalue weighted by molar-refractivity contribution is 5.23. The summed E-state index contributed by atoms with van der Waals surface area (Å²) in [5.41, 5.74) is 2.84. The molecule has 0 spiro atoms. The van der Waals surface area contributed by atoms with E-state index in [0.717, 1.165) is 12.8 Å². The number of hydrogen-bond donors (Lipinski definition) is 0. The van der Waals surface area contributed by atoms with Crippen LogP contribution in [0.25, 0.3) is 0 Å². The topological polar surface area (TPSA) is 0 Å². The molecule has 0 aliphatic rings. The predicted octanol–water partition coefficient (Wildman–Crippen LogP) is 3.60. The first-order chi connectivity index (χ1) is 6.86. The summed E-state index contributed by atoms with van der Waals surface area (Å²) in [5.74, 6) is 6.01. The Morgan fingerprint density at radius 2 is 1.57 bits per heavy atom. The van der Waals surface area contributed by atoms with E-state index in [4.69, 9.17) is 0 Å². The van der Waals surface area contributed by atoms with Gasteiger partial charge in [0, 0.05) is 6.42 Å². The Balaban J connectivity index is 2.49. The van der Waals surface area contributed by atoms with Gasteiger partial charge in [0.1, 0.15) is 0 Å². The Kier molecular flexibility index (Phi) is 4.86. The van der Waals surface area contributed by atoms with Gasteiger partial charge in [0.2, 0.25) is 0 Å². The quantitative estimate of drug-likeness (QED) is 0.630. The van der Waals surface area contributed by atoms with Crippen LogP contribution in [-0.4, -0.2) is 0 Å². The summed E-state index contributed by atoms with van der Waals surface area (Å²) in [6.07, 6.45) is 4.46. The van der Waals surface area contributed by atoms with E-state index in [9.17, 15) is 0 Å². The van der Waals surface area contributed by atoms with E-state index in [1.165, 1.54) is 24.0 Å². The molecule has 1 aromatic rings. The third kappa shape index (κ3) is 3.66. The molecule has 1 aromatic carbocycles. The molecule has 0 unspecified atom stereocenters. The summed E-state index contributed by atoms with van der Waals surface area (Å²) in [6.45, 7) is 4.11. The molecular weight excluding hydrogens is 168 g/mol. The lowest BCUT2D eigenvalue weighted by Crippen LogP contribution is -1.86. The molecule has 0 radical (unpaired) electrons. The van der Waals surface area contributed by atoms with Crippen molar-refractivity contribution in [3.8, 4) is 11.8 Å². The molecule has 0 aliphatic carbocycles.